The summed E-state index contributed by atoms with van der Waals surface area (Å²) in [6, 6.07) is 0. The van der Waals surface area contributed by atoms with Gasteiger partial charge in [-0.1, -0.05) is 6.92 Å². The highest BCUT2D eigenvalue weighted by atomic mass is 16.8. The smallest absolute Gasteiger partial charge is 0.230 e. The molecule has 0 saturated heterocycles. The summed E-state index contributed by atoms with van der Waals surface area (Å²) in [6.45, 7) is 2.74. The van der Waals surface area contributed by atoms with Crippen LogP contribution in [0.15, 0.2) is 5.16 Å². The first-order chi connectivity index (χ1) is 4.27. The van der Waals surface area contributed by atoms with E-state index in [1.165, 1.54) is 0 Å². The summed E-state index contributed by atoms with van der Waals surface area (Å²) in [6.07, 6.45) is 0.972. The van der Waals surface area contributed by atoms with Crippen LogP contribution in [0.4, 0.5) is 0 Å². The number of guanidine groups is 1. The van der Waals surface area contributed by atoms with Gasteiger partial charge in [0.25, 0.3) is 0 Å². The van der Waals surface area contributed by atoms with E-state index in [1.807, 2.05) is 6.92 Å². The second kappa shape index (κ2) is 5.17. The Hall–Kier alpha value is -0.970. The lowest BCUT2D eigenvalue weighted by molar-refractivity contribution is 0.0464. The van der Waals surface area contributed by atoms with Gasteiger partial charge in [-0.2, -0.15) is 0 Å². The van der Waals surface area contributed by atoms with Gasteiger partial charge in [0.05, 0.1) is 0 Å². The fourth-order valence-electron chi connectivity index (χ4n) is 0.233. The Balaban J connectivity index is 3.00. The molecule has 0 saturated carbocycles. The van der Waals surface area contributed by atoms with Crippen molar-refractivity contribution in [3.63, 3.8) is 0 Å². The van der Waals surface area contributed by atoms with E-state index < -0.39 is 0 Å². The van der Waals surface area contributed by atoms with Crippen molar-refractivity contribution in [2.45, 2.75) is 13.3 Å². The second-order valence-electron chi connectivity index (χ2n) is 1.50. The minimum Gasteiger partial charge on any atom is -0.367 e. The summed E-state index contributed by atoms with van der Waals surface area (Å²) in [5.41, 5.74) is 12.4. The Labute approximate surface area is 54.0 Å². The molecule has 5 nitrogen and oxygen atoms in total. The summed E-state index contributed by atoms with van der Waals surface area (Å²) in [4.78, 5) is 4.42. The number of oxime groups is 1. The molecule has 0 amide bonds. The Bertz CT molecular complexity index is 88.6. The van der Waals surface area contributed by atoms with E-state index in [0.29, 0.717) is 0 Å². The van der Waals surface area contributed by atoms with Gasteiger partial charge >= 0.3 is 0 Å². The van der Waals surface area contributed by atoms with Crippen molar-refractivity contribution in [1.29, 1.82) is 0 Å². The summed E-state index contributed by atoms with van der Waals surface area (Å²) < 4.78 is 0. The molecule has 0 aromatic rings. The molecule has 0 aliphatic carbocycles. The molecule has 0 unspecified atom stereocenters. The van der Waals surface area contributed by atoms with Gasteiger partial charge in [-0.05, 0) is 11.6 Å². The zero-order chi connectivity index (χ0) is 7.11. The van der Waals surface area contributed by atoms with Gasteiger partial charge in [-0.3, -0.25) is 4.94 Å². The zero-order valence-electron chi connectivity index (χ0n) is 5.42. The fourth-order valence-corrected chi connectivity index (χ4v) is 0.233. The third kappa shape index (κ3) is 7.03. The van der Waals surface area contributed by atoms with Crippen LogP contribution in [0, 0.1) is 0 Å². The molecule has 0 aliphatic heterocycles. The zero-order valence-corrected chi connectivity index (χ0v) is 5.42. The average Bonchev–Trinajstić information content (AvgIpc) is 1.80. The molecule has 0 bridgehead atoms. The van der Waals surface area contributed by atoms with Crippen LogP contribution in [0.5, 0.6) is 0 Å². The molecule has 0 spiro atoms. The molecule has 54 valence electrons. The molecule has 9 heavy (non-hydrogen) atoms. The molecule has 0 aromatic heterocycles. The number of nitrogens with zero attached hydrogens (tertiary/aromatic N) is 1. The fraction of sp³-hybridized carbons (Fsp3) is 0.750. The number of nitrogens with one attached hydrogen (secondary N) is 1. The highest BCUT2D eigenvalue weighted by Crippen LogP contribution is 1.70. The summed E-state index contributed by atoms with van der Waals surface area (Å²) in [5, 5.41) is 3.22. The van der Waals surface area contributed by atoms with Crippen LogP contribution < -0.4 is 16.9 Å². The number of hydroxylamine groups is 1. The van der Waals surface area contributed by atoms with Crippen molar-refractivity contribution in [2.24, 2.45) is 16.6 Å². The van der Waals surface area contributed by atoms with E-state index in [1.54, 1.807) is 0 Å². The highest BCUT2D eigenvalue weighted by molar-refractivity contribution is 5.74. The highest BCUT2D eigenvalue weighted by Gasteiger charge is 1.80. The van der Waals surface area contributed by atoms with Crippen molar-refractivity contribution in [3.05, 3.63) is 0 Å². The van der Waals surface area contributed by atoms with E-state index in [9.17, 15) is 0 Å². The lowest BCUT2D eigenvalue weighted by Gasteiger charge is -1.96. The molecule has 0 heterocycles. The molecule has 0 fully saturated rings. The first kappa shape index (κ1) is 8.03. The van der Waals surface area contributed by atoms with Crippen LogP contribution in [-0.4, -0.2) is 12.5 Å². The monoisotopic (exact) mass is 132 g/mol. The molecule has 5 N–H and O–H groups in total. The van der Waals surface area contributed by atoms with Crippen molar-refractivity contribution < 1.29 is 4.94 Å². The van der Waals surface area contributed by atoms with Crippen LogP contribution in [0.25, 0.3) is 0 Å². The summed E-state index contributed by atoms with van der Waals surface area (Å²) in [7, 11) is 0. The molecular weight excluding hydrogens is 120 g/mol. The third-order valence-corrected chi connectivity index (χ3v) is 0.568. The first-order valence-corrected chi connectivity index (χ1v) is 2.75. The maximum atomic E-state index is 4.94. The van der Waals surface area contributed by atoms with E-state index >= 15 is 0 Å². The van der Waals surface area contributed by atoms with Crippen molar-refractivity contribution >= 4 is 5.96 Å². The largest absolute Gasteiger partial charge is 0.367 e. The topological polar surface area (TPSA) is 85.7 Å². The van der Waals surface area contributed by atoms with E-state index in [0.717, 1.165) is 13.0 Å². The van der Waals surface area contributed by atoms with Gasteiger partial charge in [0.1, 0.15) is 0 Å². The minimum atomic E-state index is -0.0846. The van der Waals surface area contributed by atoms with Gasteiger partial charge in [-0.15, -0.1) is 5.48 Å². The predicted molar refractivity (Wildman–Crippen MR) is 35.2 cm³/mol. The molecule has 0 rings (SSSR count). The lowest BCUT2D eigenvalue weighted by Crippen LogP contribution is -2.25. The molecular formula is C4H12N4O. The van der Waals surface area contributed by atoms with Crippen molar-refractivity contribution in [3.8, 4) is 0 Å². The Morgan fingerprint density at radius 1 is 1.67 bits per heavy atom. The van der Waals surface area contributed by atoms with Crippen LogP contribution >= 0.6 is 0 Å². The van der Waals surface area contributed by atoms with E-state index in [2.05, 4.69) is 15.6 Å². The van der Waals surface area contributed by atoms with Gasteiger partial charge in [0.15, 0.2) is 0 Å². The average molecular weight is 132 g/mol. The Kier molecular flexibility index (Phi) is 4.61. The molecule has 0 radical (unpaired) electrons. The normalized spacial score (nSPS) is 8.56. The number of hydrogen-bond donors (Lipinski definition) is 3. The Morgan fingerprint density at radius 3 is 2.78 bits per heavy atom. The first-order valence-electron chi connectivity index (χ1n) is 2.75. The van der Waals surface area contributed by atoms with Gasteiger partial charge in [0, 0.05) is 6.54 Å². The van der Waals surface area contributed by atoms with Gasteiger partial charge < -0.3 is 11.5 Å². The molecule has 0 aromatic carbocycles. The van der Waals surface area contributed by atoms with Gasteiger partial charge in [0.2, 0.25) is 5.96 Å². The van der Waals surface area contributed by atoms with E-state index in [-0.39, 0.29) is 5.96 Å². The molecule has 5 heteroatoms. The standard InChI is InChI=1S/C4H12N4O/c1-2-3-7-9-8-4(5)6/h7H,2-3H2,1H3,(H4,5,6,8). The molecule has 0 atom stereocenters. The van der Waals surface area contributed by atoms with Crippen LogP contribution in [-0.2, 0) is 4.94 Å². The SMILES string of the molecule is CCCNON=C(N)N. The summed E-state index contributed by atoms with van der Waals surface area (Å²) in [5.74, 6) is -0.0846. The van der Waals surface area contributed by atoms with E-state index in [4.69, 9.17) is 11.5 Å². The number of rotatable bonds is 4. The van der Waals surface area contributed by atoms with Crippen LogP contribution in [0.1, 0.15) is 13.3 Å². The second-order valence-corrected chi connectivity index (χ2v) is 1.50. The third-order valence-electron chi connectivity index (χ3n) is 0.568. The maximum absolute atomic E-state index is 4.94. The van der Waals surface area contributed by atoms with Crippen molar-refractivity contribution in [1.82, 2.24) is 5.48 Å². The van der Waals surface area contributed by atoms with Crippen LogP contribution in [0.2, 0.25) is 0 Å². The maximum Gasteiger partial charge on any atom is 0.230 e. The quantitative estimate of drug-likeness (QED) is 0.200. The van der Waals surface area contributed by atoms with Crippen molar-refractivity contribution in [2.75, 3.05) is 6.54 Å². The lowest BCUT2D eigenvalue weighted by atomic mass is 10.5. The summed E-state index contributed by atoms with van der Waals surface area (Å²) >= 11 is 0. The van der Waals surface area contributed by atoms with Crippen LogP contribution in [0.3, 0.4) is 0 Å². The number of nitrogens with two attached hydrogens (primary N) is 2. The predicted octanol–water partition coefficient (Wildman–Crippen LogP) is -0.894. The molecule has 0 aliphatic rings. The minimum absolute atomic E-state index is 0.0846. The van der Waals surface area contributed by atoms with Gasteiger partial charge in [-0.25, -0.2) is 0 Å². The Morgan fingerprint density at radius 2 is 2.33 bits per heavy atom. The number of hydrogen-bond acceptors (Lipinski definition) is 3.